The van der Waals surface area contributed by atoms with Gasteiger partial charge in [0.25, 0.3) is 0 Å². The van der Waals surface area contributed by atoms with E-state index < -0.39 is 12.0 Å². The van der Waals surface area contributed by atoms with Gasteiger partial charge in [0.1, 0.15) is 6.04 Å². The van der Waals surface area contributed by atoms with E-state index in [2.05, 4.69) is 15.5 Å². The molecule has 1 saturated heterocycles. The molecule has 1 rings (SSSR count). The molecule has 0 aromatic carbocycles. The molecule has 20 heavy (non-hydrogen) atoms. The van der Waals surface area contributed by atoms with Gasteiger partial charge in [0.05, 0.1) is 0 Å². The summed E-state index contributed by atoms with van der Waals surface area (Å²) < 4.78 is 0. The SMILES string of the molecule is CCCC[C@H](NC(=O)NCCCN1CCCC1)C(=O)O. The Morgan fingerprint density at radius 3 is 2.55 bits per heavy atom. The van der Waals surface area contributed by atoms with Crippen LogP contribution in [0, 0.1) is 0 Å². The summed E-state index contributed by atoms with van der Waals surface area (Å²) in [5.41, 5.74) is 0. The number of carbonyl (C=O) groups is 2. The summed E-state index contributed by atoms with van der Waals surface area (Å²) in [5.74, 6) is -0.967. The van der Waals surface area contributed by atoms with Gasteiger partial charge in [-0.3, -0.25) is 0 Å². The minimum absolute atomic E-state index is 0.380. The zero-order chi connectivity index (χ0) is 14.8. The highest BCUT2D eigenvalue weighted by Gasteiger charge is 2.18. The third kappa shape index (κ3) is 6.75. The summed E-state index contributed by atoms with van der Waals surface area (Å²) >= 11 is 0. The highest BCUT2D eigenvalue weighted by Crippen LogP contribution is 2.06. The van der Waals surface area contributed by atoms with Gasteiger partial charge in [0.2, 0.25) is 0 Å². The molecule has 0 aliphatic carbocycles. The van der Waals surface area contributed by atoms with Gasteiger partial charge in [-0.1, -0.05) is 19.8 Å². The van der Waals surface area contributed by atoms with Crippen LogP contribution >= 0.6 is 0 Å². The number of urea groups is 1. The van der Waals surface area contributed by atoms with E-state index in [1.165, 1.54) is 12.8 Å². The molecule has 1 atom stereocenters. The van der Waals surface area contributed by atoms with Crippen molar-refractivity contribution in [3.63, 3.8) is 0 Å². The Morgan fingerprint density at radius 1 is 1.25 bits per heavy atom. The Bertz CT molecular complexity index is 304. The number of carboxylic acid groups (broad SMARTS) is 1. The van der Waals surface area contributed by atoms with Gasteiger partial charge >= 0.3 is 12.0 Å². The van der Waals surface area contributed by atoms with E-state index >= 15 is 0 Å². The lowest BCUT2D eigenvalue weighted by molar-refractivity contribution is -0.139. The number of unbranched alkanes of at least 4 members (excludes halogenated alkanes) is 1. The third-order valence-electron chi connectivity index (χ3n) is 3.59. The van der Waals surface area contributed by atoms with Crippen molar-refractivity contribution in [1.82, 2.24) is 15.5 Å². The van der Waals surface area contributed by atoms with Gasteiger partial charge in [0.15, 0.2) is 0 Å². The molecule has 6 heteroatoms. The molecule has 1 aliphatic rings. The quantitative estimate of drug-likeness (QED) is 0.560. The minimum atomic E-state index is -0.967. The third-order valence-corrected chi connectivity index (χ3v) is 3.59. The zero-order valence-corrected chi connectivity index (χ0v) is 12.4. The number of likely N-dealkylation sites (tertiary alicyclic amines) is 1. The second kappa shape index (κ2) is 9.58. The number of amides is 2. The molecule has 1 fully saturated rings. The Labute approximate surface area is 120 Å². The Kier molecular flexibility index (Phi) is 8.02. The van der Waals surface area contributed by atoms with Crippen LogP contribution in [0.1, 0.15) is 45.4 Å². The van der Waals surface area contributed by atoms with Crippen LogP contribution < -0.4 is 10.6 Å². The molecule has 0 aromatic heterocycles. The molecule has 116 valence electrons. The zero-order valence-electron chi connectivity index (χ0n) is 12.4. The standard InChI is InChI=1S/C14H27N3O3/c1-2-3-7-12(13(18)19)16-14(20)15-8-6-11-17-9-4-5-10-17/h12H,2-11H2,1H3,(H,18,19)(H2,15,16,20)/t12-/m0/s1. The van der Waals surface area contributed by atoms with Gasteiger partial charge in [-0.05, 0) is 45.3 Å². The number of nitrogens with one attached hydrogen (secondary N) is 2. The number of nitrogens with zero attached hydrogens (tertiary/aromatic N) is 1. The first-order valence-corrected chi connectivity index (χ1v) is 7.63. The first-order valence-electron chi connectivity index (χ1n) is 7.63. The number of rotatable bonds is 9. The maximum absolute atomic E-state index is 11.6. The van der Waals surface area contributed by atoms with Crippen molar-refractivity contribution in [2.45, 2.75) is 51.5 Å². The molecule has 0 spiro atoms. The van der Waals surface area contributed by atoms with Crippen LogP contribution in [0.25, 0.3) is 0 Å². The second-order valence-corrected chi connectivity index (χ2v) is 5.34. The second-order valence-electron chi connectivity index (χ2n) is 5.34. The molecule has 6 nitrogen and oxygen atoms in total. The summed E-state index contributed by atoms with van der Waals surface area (Å²) in [6.07, 6.45) is 5.64. The fourth-order valence-electron chi connectivity index (χ4n) is 2.39. The van der Waals surface area contributed by atoms with Crippen molar-refractivity contribution < 1.29 is 14.7 Å². The smallest absolute Gasteiger partial charge is 0.326 e. The van der Waals surface area contributed by atoms with Crippen LogP contribution in [-0.2, 0) is 4.79 Å². The van der Waals surface area contributed by atoms with Crippen molar-refractivity contribution in [1.29, 1.82) is 0 Å². The molecule has 1 aliphatic heterocycles. The monoisotopic (exact) mass is 285 g/mol. The summed E-state index contributed by atoms with van der Waals surface area (Å²) in [6.45, 7) is 5.90. The van der Waals surface area contributed by atoms with E-state index in [9.17, 15) is 9.59 Å². The van der Waals surface area contributed by atoms with E-state index in [1.807, 2.05) is 6.92 Å². The molecular weight excluding hydrogens is 258 g/mol. The van der Waals surface area contributed by atoms with Gasteiger partial charge in [-0.2, -0.15) is 0 Å². The molecule has 0 radical (unpaired) electrons. The van der Waals surface area contributed by atoms with Crippen molar-refractivity contribution in [2.75, 3.05) is 26.2 Å². The lowest BCUT2D eigenvalue weighted by Crippen LogP contribution is -2.46. The summed E-state index contributed by atoms with van der Waals surface area (Å²) in [4.78, 5) is 25.0. The molecule has 3 N–H and O–H groups in total. The summed E-state index contributed by atoms with van der Waals surface area (Å²) in [5, 5.41) is 14.3. The fourth-order valence-corrected chi connectivity index (χ4v) is 2.39. The van der Waals surface area contributed by atoms with E-state index in [4.69, 9.17) is 5.11 Å². The average Bonchev–Trinajstić information content (AvgIpc) is 2.92. The van der Waals surface area contributed by atoms with Crippen LogP contribution in [0.3, 0.4) is 0 Å². The first kappa shape index (κ1) is 16.8. The number of aliphatic carboxylic acids is 1. The Morgan fingerprint density at radius 2 is 1.95 bits per heavy atom. The molecule has 0 saturated carbocycles. The van der Waals surface area contributed by atoms with E-state index in [0.717, 1.165) is 38.9 Å². The van der Waals surface area contributed by atoms with Gasteiger partial charge in [-0.25, -0.2) is 9.59 Å². The molecular formula is C14H27N3O3. The number of carboxylic acids is 1. The maximum Gasteiger partial charge on any atom is 0.326 e. The van der Waals surface area contributed by atoms with Crippen LogP contribution in [0.2, 0.25) is 0 Å². The highest BCUT2D eigenvalue weighted by molar-refractivity contribution is 5.82. The van der Waals surface area contributed by atoms with Crippen molar-refractivity contribution >= 4 is 12.0 Å². The Hall–Kier alpha value is -1.30. The van der Waals surface area contributed by atoms with Gasteiger partial charge in [0, 0.05) is 6.54 Å². The summed E-state index contributed by atoms with van der Waals surface area (Å²) in [7, 11) is 0. The minimum Gasteiger partial charge on any atom is -0.480 e. The van der Waals surface area contributed by atoms with E-state index in [0.29, 0.717) is 13.0 Å². The highest BCUT2D eigenvalue weighted by atomic mass is 16.4. The lowest BCUT2D eigenvalue weighted by atomic mass is 10.1. The van der Waals surface area contributed by atoms with Crippen LogP contribution in [-0.4, -0.2) is 54.2 Å². The normalized spacial score (nSPS) is 16.9. The van der Waals surface area contributed by atoms with Crippen molar-refractivity contribution in [2.24, 2.45) is 0 Å². The predicted octanol–water partition coefficient (Wildman–Crippen LogP) is 1.41. The van der Waals surface area contributed by atoms with Crippen LogP contribution in [0.5, 0.6) is 0 Å². The maximum atomic E-state index is 11.6. The molecule has 1 heterocycles. The number of hydrogen-bond donors (Lipinski definition) is 3. The fraction of sp³-hybridized carbons (Fsp3) is 0.857. The number of carbonyl (C=O) groups excluding carboxylic acids is 1. The predicted molar refractivity (Wildman–Crippen MR) is 77.8 cm³/mol. The molecule has 0 unspecified atom stereocenters. The van der Waals surface area contributed by atoms with Crippen molar-refractivity contribution in [3.05, 3.63) is 0 Å². The van der Waals surface area contributed by atoms with Gasteiger partial charge in [-0.15, -0.1) is 0 Å². The molecule has 0 aromatic rings. The van der Waals surface area contributed by atoms with Gasteiger partial charge < -0.3 is 20.6 Å². The van der Waals surface area contributed by atoms with Crippen molar-refractivity contribution in [3.8, 4) is 0 Å². The van der Waals surface area contributed by atoms with Crippen LogP contribution in [0.15, 0.2) is 0 Å². The first-order chi connectivity index (χ1) is 9.63. The van der Waals surface area contributed by atoms with E-state index in [1.54, 1.807) is 0 Å². The summed E-state index contributed by atoms with van der Waals surface area (Å²) in [6, 6.07) is -1.16. The molecule has 2 amide bonds. The van der Waals surface area contributed by atoms with Crippen LogP contribution in [0.4, 0.5) is 4.79 Å². The Balaban J connectivity index is 2.12. The number of hydrogen-bond acceptors (Lipinski definition) is 3. The van der Waals surface area contributed by atoms with E-state index in [-0.39, 0.29) is 6.03 Å². The topological polar surface area (TPSA) is 81.7 Å². The molecule has 0 bridgehead atoms. The largest absolute Gasteiger partial charge is 0.480 e. The average molecular weight is 285 g/mol. The lowest BCUT2D eigenvalue weighted by Gasteiger charge is -2.16.